The smallest absolute Gasteiger partial charge is 0.211 e. The van der Waals surface area contributed by atoms with Crippen molar-refractivity contribution < 1.29 is 8.42 Å². The van der Waals surface area contributed by atoms with Crippen LogP contribution < -0.4 is 10.6 Å². The summed E-state index contributed by atoms with van der Waals surface area (Å²) >= 11 is 3.37. The molecule has 1 aromatic carbocycles. The third-order valence-electron chi connectivity index (χ3n) is 3.30. The van der Waals surface area contributed by atoms with Gasteiger partial charge in [-0.05, 0) is 18.2 Å². The van der Waals surface area contributed by atoms with Crippen LogP contribution in [0.4, 0.5) is 5.69 Å². The first kappa shape index (κ1) is 15.3. The Bertz CT molecular complexity index is 624. The van der Waals surface area contributed by atoms with E-state index in [9.17, 15) is 8.42 Å². The van der Waals surface area contributed by atoms with Crippen molar-refractivity contribution in [1.82, 2.24) is 4.31 Å². The highest BCUT2D eigenvalue weighted by Gasteiger charge is 2.24. The summed E-state index contributed by atoms with van der Waals surface area (Å²) in [7, 11) is -3.13. The van der Waals surface area contributed by atoms with Crippen LogP contribution in [0.2, 0.25) is 0 Å². The van der Waals surface area contributed by atoms with Crippen LogP contribution in [0.1, 0.15) is 5.56 Å². The van der Waals surface area contributed by atoms with Crippen molar-refractivity contribution in [3.63, 3.8) is 0 Å². The Balaban J connectivity index is 2.21. The van der Waals surface area contributed by atoms with Crippen LogP contribution in [0.25, 0.3) is 0 Å². The van der Waals surface area contributed by atoms with Crippen LogP contribution in [0.3, 0.4) is 0 Å². The zero-order chi connectivity index (χ0) is 14.9. The number of hydrogen-bond donors (Lipinski definition) is 2. The molecule has 2 rings (SSSR count). The van der Waals surface area contributed by atoms with E-state index < -0.39 is 10.0 Å². The minimum atomic E-state index is -3.13. The van der Waals surface area contributed by atoms with E-state index in [1.54, 1.807) is 6.07 Å². The van der Waals surface area contributed by atoms with Gasteiger partial charge in [-0.15, -0.1) is 0 Å². The van der Waals surface area contributed by atoms with Gasteiger partial charge in [-0.3, -0.25) is 5.41 Å². The van der Waals surface area contributed by atoms with Gasteiger partial charge in [0.05, 0.1) is 6.26 Å². The minimum absolute atomic E-state index is 0.00634. The topological polar surface area (TPSA) is 90.5 Å². The number of rotatable bonds is 3. The predicted octanol–water partition coefficient (Wildman–Crippen LogP) is 0.815. The second-order valence-electron chi connectivity index (χ2n) is 4.72. The standard InChI is InChI=1S/C12H17BrN4O2S/c1-20(18,19)17-6-4-16(5-7-17)11-3-2-9(13)8-10(11)12(14)15/h2-3,8H,4-7H2,1H3,(H3,14,15). The predicted molar refractivity (Wildman–Crippen MR) is 83.8 cm³/mol. The molecule has 0 saturated carbocycles. The molecule has 0 spiro atoms. The van der Waals surface area contributed by atoms with Crippen LogP contribution in [-0.4, -0.2) is 51.0 Å². The van der Waals surface area contributed by atoms with Gasteiger partial charge in [0.25, 0.3) is 0 Å². The Morgan fingerprint density at radius 3 is 2.40 bits per heavy atom. The van der Waals surface area contributed by atoms with Crippen LogP contribution in [0.5, 0.6) is 0 Å². The lowest BCUT2D eigenvalue weighted by atomic mass is 10.1. The molecule has 1 fully saturated rings. The fourth-order valence-corrected chi connectivity index (χ4v) is 3.45. The Kier molecular flexibility index (Phi) is 4.36. The summed E-state index contributed by atoms with van der Waals surface area (Å²) in [5, 5.41) is 7.65. The first-order valence-electron chi connectivity index (χ1n) is 6.13. The number of nitrogens with one attached hydrogen (secondary N) is 1. The van der Waals surface area contributed by atoms with E-state index in [-0.39, 0.29) is 5.84 Å². The lowest BCUT2D eigenvalue weighted by Gasteiger charge is -2.35. The molecule has 6 nitrogen and oxygen atoms in total. The highest BCUT2D eigenvalue weighted by atomic mass is 79.9. The molecule has 3 N–H and O–H groups in total. The Morgan fingerprint density at radius 2 is 1.90 bits per heavy atom. The fourth-order valence-electron chi connectivity index (χ4n) is 2.26. The van der Waals surface area contributed by atoms with Crippen molar-refractivity contribution in [3.8, 4) is 0 Å². The van der Waals surface area contributed by atoms with E-state index in [0.717, 1.165) is 10.2 Å². The maximum absolute atomic E-state index is 11.5. The van der Waals surface area contributed by atoms with Crippen LogP contribution in [0, 0.1) is 5.41 Å². The highest BCUT2D eigenvalue weighted by Crippen LogP contribution is 2.25. The zero-order valence-corrected chi connectivity index (χ0v) is 13.5. The normalized spacial score (nSPS) is 17.2. The van der Waals surface area contributed by atoms with E-state index in [2.05, 4.69) is 20.8 Å². The number of halogens is 1. The summed E-state index contributed by atoms with van der Waals surface area (Å²) in [5.74, 6) is 0.00634. The molecule has 1 aromatic rings. The van der Waals surface area contributed by atoms with Crippen LogP contribution in [-0.2, 0) is 10.0 Å². The van der Waals surface area contributed by atoms with Gasteiger partial charge in [0.2, 0.25) is 10.0 Å². The maximum atomic E-state index is 11.5. The first-order chi connectivity index (χ1) is 9.29. The Hall–Kier alpha value is -1.12. The summed E-state index contributed by atoms with van der Waals surface area (Å²) in [6.07, 6.45) is 1.23. The molecule has 0 radical (unpaired) electrons. The molecule has 0 atom stereocenters. The first-order valence-corrected chi connectivity index (χ1v) is 8.77. The average Bonchev–Trinajstić information content (AvgIpc) is 2.37. The van der Waals surface area contributed by atoms with Gasteiger partial charge in [-0.2, -0.15) is 4.31 Å². The molecule has 0 unspecified atom stereocenters. The van der Waals surface area contributed by atoms with Crippen molar-refractivity contribution in [2.24, 2.45) is 5.73 Å². The molecule has 0 bridgehead atoms. The average molecular weight is 361 g/mol. The zero-order valence-electron chi connectivity index (χ0n) is 11.1. The number of piperazine rings is 1. The third-order valence-corrected chi connectivity index (χ3v) is 5.09. The van der Waals surface area contributed by atoms with Crippen molar-refractivity contribution in [2.75, 3.05) is 37.3 Å². The van der Waals surface area contributed by atoms with Crippen molar-refractivity contribution in [2.45, 2.75) is 0 Å². The molecule has 20 heavy (non-hydrogen) atoms. The molecule has 1 aliphatic rings. The van der Waals surface area contributed by atoms with E-state index in [1.165, 1.54) is 10.6 Å². The summed E-state index contributed by atoms with van der Waals surface area (Å²) < 4.78 is 25.3. The van der Waals surface area contributed by atoms with Gasteiger partial charge in [0.1, 0.15) is 5.84 Å². The lowest BCUT2D eigenvalue weighted by molar-refractivity contribution is 0.388. The Labute approximate surface area is 127 Å². The van der Waals surface area contributed by atoms with Crippen LogP contribution in [0.15, 0.2) is 22.7 Å². The van der Waals surface area contributed by atoms with Gasteiger partial charge < -0.3 is 10.6 Å². The second kappa shape index (κ2) is 5.71. The summed E-state index contributed by atoms with van der Waals surface area (Å²) in [6.45, 7) is 2.09. The van der Waals surface area contributed by atoms with Crippen molar-refractivity contribution >= 4 is 37.5 Å². The Morgan fingerprint density at radius 1 is 1.30 bits per heavy atom. The number of amidine groups is 1. The molecular formula is C12H17BrN4O2S. The fraction of sp³-hybridized carbons (Fsp3) is 0.417. The monoisotopic (exact) mass is 360 g/mol. The summed E-state index contributed by atoms with van der Waals surface area (Å²) in [5.41, 5.74) is 7.14. The van der Waals surface area contributed by atoms with Crippen LogP contribution >= 0.6 is 15.9 Å². The lowest BCUT2D eigenvalue weighted by Crippen LogP contribution is -2.48. The third kappa shape index (κ3) is 3.31. The molecule has 0 aliphatic carbocycles. The number of sulfonamides is 1. The second-order valence-corrected chi connectivity index (χ2v) is 7.62. The van der Waals surface area contributed by atoms with Crippen molar-refractivity contribution in [3.05, 3.63) is 28.2 Å². The maximum Gasteiger partial charge on any atom is 0.211 e. The van der Waals surface area contributed by atoms with Gasteiger partial charge in [0.15, 0.2) is 0 Å². The van der Waals surface area contributed by atoms with E-state index in [1.807, 2.05) is 12.1 Å². The van der Waals surface area contributed by atoms with E-state index >= 15 is 0 Å². The quantitative estimate of drug-likeness (QED) is 0.616. The number of anilines is 1. The van der Waals surface area contributed by atoms with Gasteiger partial charge in [-0.25, -0.2) is 8.42 Å². The van der Waals surface area contributed by atoms with E-state index in [4.69, 9.17) is 11.1 Å². The molecule has 110 valence electrons. The summed E-state index contributed by atoms with van der Waals surface area (Å²) in [4.78, 5) is 2.06. The van der Waals surface area contributed by atoms with Gasteiger partial charge in [0, 0.05) is 41.9 Å². The van der Waals surface area contributed by atoms with Gasteiger partial charge in [-0.1, -0.05) is 15.9 Å². The summed E-state index contributed by atoms with van der Waals surface area (Å²) in [6, 6.07) is 5.60. The minimum Gasteiger partial charge on any atom is -0.384 e. The molecule has 8 heteroatoms. The van der Waals surface area contributed by atoms with Gasteiger partial charge >= 0.3 is 0 Å². The number of benzene rings is 1. The SMILES string of the molecule is CS(=O)(=O)N1CCN(c2ccc(Br)cc2C(=N)N)CC1. The largest absolute Gasteiger partial charge is 0.384 e. The molecular weight excluding hydrogens is 344 g/mol. The molecule has 1 aliphatic heterocycles. The molecule has 1 saturated heterocycles. The van der Waals surface area contributed by atoms with Crippen molar-refractivity contribution in [1.29, 1.82) is 5.41 Å². The number of nitrogens with zero attached hydrogens (tertiary/aromatic N) is 2. The molecule has 1 heterocycles. The number of nitrogens with two attached hydrogens (primary N) is 1. The number of nitrogen functional groups attached to an aromatic ring is 1. The van der Waals surface area contributed by atoms with E-state index in [0.29, 0.717) is 31.7 Å². The molecule has 0 aromatic heterocycles. The highest BCUT2D eigenvalue weighted by molar-refractivity contribution is 9.10. The molecule has 0 amide bonds. The number of hydrogen-bond acceptors (Lipinski definition) is 4.